The lowest BCUT2D eigenvalue weighted by Gasteiger charge is -2.17. The SMILES string of the molecule is COCc1ccccc1NCC[Si](C)(C)C. The monoisotopic (exact) mass is 237 g/mol. The molecular weight excluding hydrogens is 214 g/mol. The van der Waals surface area contributed by atoms with E-state index in [4.69, 9.17) is 4.74 Å². The van der Waals surface area contributed by atoms with Gasteiger partial charge in [0.15, 0.2) is 0 Å². The van der Waals surface area contributed by atoms with Crippen LogP contribution in [-0.4, -0.2) is 21.7 Å². The first-order valence-corrected chi connectivity index (χ1v) is 9.54. The lowest BCUT2D eigenvalue weighted by atomic mass is 10.2. The van der Waals surface area contributed by atoms with E-state index < -0.39 is 8.07 Å². The Labute approximate surface area is 100 Å². The van der Waals surface area contributed by atoms with E-state index in [0.29, 0.717) is 6.61 Å². The van der Waals surface area contributed by atoms with E-state index in [0.717, 1.165) is 6.54 Å². The quantitative estimate of drug-likeness (QED) is 0.764. The molecule has 0 aromatic heterocycles. The molecule has 90 valence electrons. The molecule has 0 unspecified atom stereocenters. The van der Waals surface area contributed by atoms with E-state index in [1.165, 1.54) is 17.3 Å². The van der Waals surface area contributed by atoms with E-state index in [1.807, 2.05) is 0 Å². The molecule has 0 saturated carbocycles. The summed E-state index contributed by atoms with van der Waals surface area (Å²) in [6, 6.07) is 9.65. The summed E-state index contributed by atoms with van der Waals surface area (Å²) in [4.78, 5) is 0. The minimum atomic E-state index is -0.941. The maximum absolute atomic E-state index is 5.18. The maximum Gasteiger partial charge on any atom is 0.0733 e. The smallest absolute Gasteiger partial charge is 0.0733 e. The topological polar surface area (TPSA) is 21.3 Å². The van der Waals surface area contributed by atoms with Crippen LogP contribution < -0.4 is 5.32 Å². The van der Waals surface area contributed by atoms with E-state index in [1.54, 1.807) is 7.11 Å². The Hall–Kier alpha value is -0.803. The van der Waals surface area contributed by atoms with Gasteiger partial charge in [0.25, 0.3) is 0 Å². The standard InChI is InChI=1S/C13H23NOSi/c1-15-11-12-7-5-6-8-13(12)14-9-10-16(2,3)4/h5-8,14H,9-11H2,1-4H3. The zero-order valence-corrected chi connectivity index (χ0v) is 11.8. The fraction of sp³-hybridized carbons (Fsp3) is 0.538. The summed E-state index contributed by atoms with van der Waals surface area (Å²) >= 11 is 0. The average molecular weight is 237 g/mol. The minimum Gasteiger partial charge on any atom is -0.385 e. The molecular formula is C13H23NOSi. The summed E-state index contributed by atoms with van der Waals surface area (Å²) in [6.07, 6.45) is 0. The van der Waals surface area contributed by atoms with Crippen LogP contribution in [0, 0.1) is 0 Å². The highest BCUT2D eigenvalue weighted by Crippen LogP contribution is 2.17. The molecule has 0 fully saturated rings. The number of para-hydroxylation sites is 1. The van der Waals surface area contributed by atoms with Crippen LogP contribution in [0.1, 0.15) is 5.56 Å². The van der Waals surface area contributed by atoms with Gasteiger partial charge in [-0.2, -0.15) is 0 Å². The van der Waals surface area contributed by atoms with Crippen LogP contribution in [0.5, 0.6) is 0 Å². The fourth-order valence-electron chi connectivity index (χ4n) is 1.55. The van der Waals surface area contributed by atoms with Gasteiger partial charge >= 0.3 is 0 Å². The van der Waals surface area contributed by atoms with Crippen molar-refractivity contribution in [2.24, 2.45) is 0 Å². The number of methoxy groups -OCH3 is 1. The molecule has 1 N–H and O–H groups in total. The Balaban J connectivity index is 2.52. The van der Waals surface area contributed by atoms with Crippen molar-refractivity contribution in [2.75, 3.05) is 19.0 Å². The first-order valence-electron chi connectivity index (χ1n) is 5.83. The molecule has 0 bridgehead atoms. The third-order valence-electron chi connectivity index (χ3n) is 2.51. The second-order valence-corrected chi connectivity index (χ2v) is 10.9. The van der Waals surface area contributed by atoms with Crippen molar-refractivity contribution in [3.63, 3.8) is 0 Å². The number of ether oxygens (including phenoxy) is 1. The van der Waals surface area contributed by atoms with E-state index >= 15 is 0 Å². The molecule has 0 radical (unpaired) electrons. The van der Waals surface area contributed by atoms with Gasteiger partial charge < -0.3 is 10.1 Å². The van der Waals surface area contributed by atoms with Gasteiger partial charge in [0.2, 0.25) is 0 Å². The van der Waals surface area contributed by atoms with Gasteiger partial charge in [0.05, 0.1) is 6.61 Å². The van der Waals surface area contributed by atoms with Crippen molar-refractivity contribution >= 4 is 13.8 Å². The highest BCUT2D eigenvalue weighted by Gasteiger charge is 2.12. The van der Waals surface area contributed by atoms with Crippen LogP contribution in [0.3, 0.4) is 0 Å². The lowest BCUT2D eigenvalue weighted by molar-refractivity contribution is 0.185. The summed E-state index contributed by atoms with van der Waals surface area (Å²) in [6.45, 7) is 8.94. The highest BCUT2D eigenvalue weighted by molar-refractivity contribution is 6.76. The normalized spacial score (nSPS) is 11.5. The van der Waals surface area contributed by atoms with Crippen molar-refractivity contribution in [3.05, 3.63) is 29.8 Å². The largest absolute Gasteiger partial charge is 0.385 e. The van der Waals surface area contributed by atoms with Crippen molar-refractivity contribution in [3.8, 4) is 0 Å². The van der Waals surface area contributed by atoms with Crippen LogP contribution in [0.25, 0.3) is 0 Å². The Kier molecular flexibility index (Phi) is 5.02. The molecule has 1 aromatic rings. The van der Waals surface area contributed by atoms with Gasteiger partial charge in [-0.15, -0.1) is 0 Å². The number of anilines is 1. The molecule has 0 aliphatic heterocycles. The predicted octanol–water partition coefficient (Wildman–Crippen LogP) is 3.58. The van der Waals surface area contributed by atoms with Gasteiger partial charge in [0.1, 0.15) is 0 Å². The van der Waals surface area contributed by atoms with Crippen molar-refractivity contribution in [1.82, 2.24) is 0 Å². The van der Waals surface area contributed by atoms with Crippen LogP contribution in [0.4, 0.5) is 5.69 Å². The number of hydrogen-bond acceptors (Lipinski definition) is 2. The van der Waals surface area contributed by atoms with Gasteiger partial charge in [0, 0.05) is 33.0 Å². The Morgan fingerprint density at radius 3 is 2.50 bits per heavy atom. The zero-order chi connectivity index (χ0) is 12.0. The summed E-state index contributed by atoms with van der Waals surface area (Å²) < 4.78 is 5.18. The molecule has 0 spiro atoms. The summed E-state index contributed by atoms with van der Waals surface area (Å²) in [7, 11) is 0.794. The fourth-order valence-corrected chi connectivity index (χ4v) is 2.42. The Morgan fingerprint density at radius 1 is 1.19 bits per heavy atom. The van der Waals surface area contributed by atoms with Crippen LogP contribution in [0.15, 0.2) is 24.3 Å². The van der Waals surface area contributed by atoms with Gasteiger partial charge in [-0.1, -0.05) is 37.8 Å². The van der Waals surface area contributed by atoms with Gasteiger partial charge in [-0.05, 0) is 12.1 Å². The number of hydrogen-bond donors (Lipinski definition) is 1. The van der Waals surface area contributed by atoms with Crippen LogP contribution in [0.2, 0.25) is 25.7 Å². The first-order chi connectivity index (χ1) is 7.53. The number of rotatable bonds is 6. The molecule has 0 aliphatic rings. The van der Waals surface area contributed by atoms with Gasteiger partial charge in [-0.3, -0.25) is 0 Å². The van der Waals surface area contributed by atoms with Crippen molar-refractivity contribution in [2.45, 2.75) is 32.3 Å². The van der Waals surface area contributed by atoms with Crippen molar-refractivity contribution in [1.29, 1.82) is 0 Å². The van der Waals surface area contributed by atoms with E-state index in [-0.39, 0.29) is 0 Å². The maximum atomic E-state index is 5.18. The summed E-state index contributed by atoms with van der Waals surface area (Å²) in [5, 5.41) is 3.51. The third-order valence-corrected chi connectivity index (χ3v) is 4.26. The molecule has 0 atom stereocenters. The average Bonchev–Trinajstić information content (AvgIpc) is 2.19. The Morgan fingerprint density at radius 2 is 1.88 bits per heavy atom. The van der Waals surface area contributed by atoms with Crippen LogP contribution >= 0.6 is 0 Å². The predicted molar refractivity (Wildman–Crippen MR) is 73.8 cm³/mol. The lowest BCUT2D eigenvalue weighted by Crippen LogP contribution is -2.23. The van der Waals surface area contributed by atoms with Crippen LogP contribution in [-0.2, 0) is 11.3 Å². The second kappa shape index (κ2) is 6.06. The Bertz CT molecular complexity index is 320. The molecule has 1 aromatic carbocycles. The highest BCUT2D eigenvalue weighted by atomic mass is 28.3. The van der Waals surface area contributed by atoms with Crippen molar-refractivity contribution < 1.29 is 4.74 Å². The molecule has 2 nitrogen and oxygen atoms in total. The molecule has 0 saturated heterocycles. The first kappa shape index (κ1) is 13.3. The molecule has 3 heteroatoms. The molecule has 16 heavy (non-hydrogen) atoms. The van der Waals surface area contributed by atoms with E-state index in [9.17, 15) is 0 Å². The number of benzene rings is 1. The van der Waals surface area contributed by atoms with Gasteiger partial charge in [-0.25, -0.2) is 0 Å². The summed E-state index contributed by atoms with van der Waals surface area (Å²) in [5.41, 5.74) is 2.45. The van der Waals surface area contributed by atoms with E-state index in [2.05, 4.69) is 49.2 Å². The molecule has 0 heterocycles. The second-order valence-electron chi connectivity index (χ2n) is 5.33. The zero-order valence-electron chi connectivity index (χ0n) is 10.8. The summed E-state index contributed by atoms with van der Waals surface area (Å²) in [5.74, 6) is 0. The third kappa shape index (κ3) is 4.81. The molecule has 0 aliphatic carbocycles. The minimum absolute atomic E-state index is 0.677. The molecule has 0 amide bonds. The number of nitrogens with one attached hydrogen (secondary N) is 1. The molecule has 1 rings (SSSR count).